The van der Waals surface area contributed by atoms with E-state index in [0.717, 1.165) is 16.9 Å². The Labute approximate surface area is 153 Å². The van der Waals surface area contributed by atoms with E-state index in [1.54, 1.807) is 28.8 Å². The predicted molar refractivity (Wildman–Crippen MR) is 99.3 cm³/mol. The van der Waals surface area contributed by atoms with E-state index in [9.17, 15) is 9.90 Å². The molecular formula is C20H16N2O3S. The van der Waals surface area contributed by atoms with Crippen LogP contribution in [0.5, 0.6) is 11.5 Å². The van der Waals surface area contributed by atoms with Crippen molar-refractivity contribution < 1.29 is 9.84 Å². The van der Waals surface area contributed by atoms with Crippen LogP contribution in [-0.4, -0.2) is 15.4 Å². The van der Waals surface area contributed by atoms with Crippen LogP contribution in [0.1, 0.15) is 30.5 Å². The second-order valence-electron chi connectivity index (χ2n) is 6.81. The standard InChI is InChI=1S/C20H16N2O3S/c1-20-11-15(14-7-2-3-8-16(14)25-20)22-18(24)17(26-19(22)21-20)10-12-5-4-6-13(23)9-12/h2-10,15,23H,11H2,1H3/b17-10-/t15-,20+/m1/s1. The van der Waals surface area contributed by atoms with E-state index in [1.165, 1.54) is 11.3 Å². The minimum Gasteiger partial charge on any atom is -0.508 e. The number of thiazole rings is 1. The second kappa shape index (κ2) is 5.32. The SMILES string of the molecule is C[C@@]12C[C@H](c3ccccc3O1)n1c(s/c(=C\c3cccc(O)c3)c1=O)=N2. The molecule has 0 saturated carbocycles. The normalized spacial score (nSPS) is 23.6. The number of rotatable bonds is 1. The highest BCUT2D eigenvalue weighted by atomic mass is 32.1. The Morgan fingerprint density at radius 3 is 3.00 bits per heavy atom. The number of para-hydroxylation sites is 1. The molecule has 0 fully saturated rings. The first-order valence-electron chi connectivity index (χ1n) is 8.42. The highest BCUT2D eigenvalue weighted by Crippen LogP contribution is 2.42. The van der Waals surface area contributed by atoms with Crippen molar-refractivity contribution in [1.29, 1.82) is 0 Å². The van der Waals surface area contributed by atoms with Gasteiger partial charge in [-0.15, -0.1) is 0 Å². The maximum absolute atomic E-state index is 13.1. The van der Waals surface area contributed by atoms with Gasteiger partial charge in [0.15, 0.2) is 4.80 Å². The number of aromatic nitrogens is 1. The van der Waals surface area contributed by atoms with E-state index >= 15 is 0 Å². The Morgan fingerprint density at radius 1 is 1.31 bits per heavy atom. The van der Waals surface area contributed by atoms with E-state index in [0.29, 0.717) is 15.8 Å². The molecule has 6 heteroatoms. The van der Waals surface area contributed by atoms with Crippen molar-refractivity contribution in [2.24, 2.45) is 4.99 Å². The van der Waals surface area contributed by atoms with E-state index < -0.39 is 5.72 Å². The van der Waals surface area contributed by atoms with Gasteiger partial charge in [-0.05, 0) is 36.8 Å². The average molecular weight is 364 g/mol. The summed E-state index contributed by atoms with van der Waals surface area (Å²) in [6.07, 6.45) is 2.44. The number of phenols is 1. The van der Waals surface area contributed by atoms with Crippen LogP contribution in [0.4, 0.5) is 0 Å². The number of hydrogen-bond acceptors (Lipinski definition) is 5. The Kier molecular flexibility index (Phi) is 3.15. The molecule has 5 nitrogen and oxygen atoms in total. The number of aromatic hydroxyl groups is 1. The van der Waals surface area contributed by atoms with Crippen molar-refractivity contribution in [2.45, 2.75) is 25.1 Å². The number of nitrogens with zero attached hydrogens (tertiary/aromatic N) is 2. The first-order chi connectivity index (χ1) is 12.5. The fourth-order valence-corrected chi connectivity index (χ4v) is 4.83. The Balaban J connectivity index is 1.76. The monoisotopic (exact) mass is 364 g/mol. The number of fused-ring (bicyclic) bond motifs is 6. The quantitative estimate of drug-likeness (QED) is 0.720. The van der Waals surface area contributed by atoms with Gasteiger partial charge in [-0.2, -0.15) is 0 Å². The third-order valence-corrected chi connectivity index (χ3v) is 5.81. The van der Waals surface area contributed by atoms with Gasteiger partial charge in [-0.25, -0.2) is 4.99 Å². The molecule has 130 valence electrons. The van der Waals surface area contributed by atoms with Gasteiger partial charge in [0.25, 0.3) is 5.56 Å². The molecule has 3 heterocycles. The molecule has 0 radical (unpaired) electrons. The summed E-state index contributed by atoms with van der Waals surface area (Å²) >= 11 is 1.36. The van der Waals surface area contributed by atoms with Crippen molar-refractivity contribution in [3.8, 4) is 11.5 Å². The van der Waals surface area contributed by atoms with Gasteiger partial charge in [0.05, 0.1) is 10.6 Å². The zero-order chi connectivity index (χ0) is 17.9. The molecule has 1 N–H and O–H groups in total. The van der Waals surface area contributed by atoms with Gasteiger partial charge in [0, 0.05) is 12.0 Å². The maximum Gasteiger partial charge on any atom is 0.270 e. The van der Waals surface area contributed by atoms with E-state index in [2.05, 4.69) is 0 Å². The van der Waals surface area contributed by atoms with E-state index in [-0.39, 0.29) is 17.4 Å². The van der Waals surface area contributed by atoms with Gasteiger partial charge in [-0.3, -0.25) is 9.36 Å². The molecule has 0 aliphatic carbocycles. The van der Waals surface area contributed by atoms with Crippen LogP contribution < -0.4 is 19.6 Å². The molecule has 2 bridgehead atoms. The summed E-state index contributed by atoms with van der Waals surface area (Å²) in [7, 11) is 0. The molecule has 2 atom stereocenters. The number of hydrogen-bond donors (Lipinski definition) is 1. The van der Waals surface area contributed by atoms with Crippen LogP contribution in [0.2, 0.25) is 0 Å². The Bertz CT molecular complexity index is 1210. The minimum absolute atomic E-state index is 0.0548. The molecule has 1 aromatic heterocycles. The van der Waals surface area contributed by atoms with Crippen LogP contribution in [-0.2, 0) is 0 Å². The summed E-state index contributed by atoms with van der Waals surface area (Å²) in [6.45, 7) is 1.96. The summed E-state index contributed by atoms with van der Waals surface area (Å²) in [5.41, 5.74) is 1.09. The first kappa shape index (κ1) is 15.4. The average Bonchev–Trinajstić information content (AvgIpc) is 2.89. The zero-order valence-electron chi connectivity index (χ0n) is 14.0. The highest BCUT2D eigenvalue weighted by molar-refractivity contribution is 7.07. The van der Waals surface area contributed by atoms with Crippen molar-refractivity contribution in [1.82, 2.24) is 4.57 Å². The van der Waals surface area contributed by atoms with Gasteiger partial charge < -0.3 is 9.84 Å². The molecule has 0 saturated heterocycles. The Morgan fingerprint density at radius 2 is 2.15 bits per heavy atom. The van der Waals surface area contributed by atoms with Crippen LogP contribution in [0.25, 0.3) is 6.08 Å². The third-order valence-electron chi connectivity index (χ3n) is 4.83. The van der Waals surface area contributed by atoms with E-state index in [1.807, 2.05) is 37.3 Å². The number of benzene rings is 2. The largest absolute Gasteiger partial charge is 0.508 e. The molecule has 26 heavy (non-hydrogen) atoms. The minimum atomic E-state index is -0.654. The van der Waals surface area contributed by atoms with Crippen LogP contribution in [0.15, 0.2) is 58.3 Å². The first-order valence-corrected chi connectivity index (χ1v) is 9.24. The van der Waals surface area contributed by atoms with Crippen molar-refractivity contribution >= 4 is 17.4 Å². The lowest BCUT2D eigenvalue weighted by Gasteiger charge is -2.39. The summed E-state index contributed by atoms with van der Waals surface area (Å²) in [5.74, 6) is 0.966. The van der Waals surface area contributed by atoms with Crippen molar-refractivity contribution in [2.75, 3.05) is 0 Å². The third kappa shape index (κ3) is 2.29. The van der Waals surface area contributed by atoms with Gasteiger partial charge >= 0.3 is 0 Å². The zero-order valence-corrected chi connectivity index (χ0v) is 14.9. The molecule has 3 aromatic rings. The number of ether oxygens (including phenoxy) is 1. The molecule has 0 amide bonds. The number of phenolic OH excluding ortho intramolecular Hbond substituents is 1. The lowest BCUT2D eigenvalue weighted by atomic mass is 9.93. The lowest BCUT2D eigenvalue weighted by molar-refractivity contribution is 0.0410. The molecule has 2 aliphatic rings. The summed E-state index contributed by atoms with van der Waals surface area (Å²) in [4.78, 5) is 18.5. The topological polar surface area (TPSA) is 63.8 Å². The maximum atomic E-state index is 13.1. The lowest BCUT2D eigenvalue weighted by Crippen LogP contribution is -2.49. The predicted octanol–water partition coefficient (Wildman–Crippen LogP) is 2.17. The van der Waals surface area contributed by atoms with E-state index in [4.69, 9.17) is 9.73 Å². The highest BCUT2D eigenvalue weighted by Gasteiger charge is 2.42. The van der Waals surface area contributed by atoms with Crippen LogP contribution in [0, 0.1) is 0 Å². The van der Waals surface area contributed by atoms with Crippen LogP contribution >= 0.6 is 11.3 Å². The van der Waals surface area contributed by atoms with Crippen molar-refractivity contribution in [3.63, 3.8) is 0 Å². The Hall–Kier alpha value is -2.86. The molecular weight excluding hydrogens is 348 g/mol. The fraction of sp³-hybridized carbons (Fsp3) is 0.200. The molecule has 0 unspecified atom stereocenters. The molecule has 2 aliphatic heterocycles. The second-order valence-corrected chi connectivity index (χ2v) is 7.82. The van der Waals surface area contributed by atoms with Crippen molar-refractivity contribution in [3.05, 3.63) is 79.3 Å². The molecule has 2 aromatic carbocycles. The summed E-state index contributed by atoms with van der Waals surface area (Å²) in [6, 6.07) is 14.6. The summed E-state index contributed by atoms with van der Waals surface area (Å²) in [5, 5.41) is 9.65. The fourth-order valence-electron chi connectivity index (χ4n) is 3.70. The van der Waals surface area contributed by atoms with Crippen LogP contribution in [0.3, 0.4) is 0 Å². The van der Waals surface area contributed by atoms with Gasteiger partial charge in [0.1, 0.15) is 11.5 Å². The van der Waals surface area contributed by atoms with Gasteiger partial charge in [0.2, 0.25) is 5.72 Å². The summed E-state index contributed by atoms with van der Waals surface area (Å²) < 4.78 is 8.49. The molecule has 0 spiro atoms. The van der Waals surface area contributed by atoms with Gasteiger partial charge in [-0.1, -0.05) is 41.7 Å². The molecule has 5 rings (SSSR count). The smallest absolute Gasteiger partial charge is 0.270 e.